The molecule has 0 saturated carbocycles. The fourth-order valence-electron chi connectivity index (χ4n) is 5.76. The summed E-state index contributed by atoms with van der Waals surface area (Å²) in [6, 6.07) is 15.7. The average Bonchev–Trinajstić information content (AvgIpc) is 2.89. The number of carboxylic acid groups (broad SMARTS) is 1. The molecule has 2 aromatic carbocycles. The van der Waals surface area contributed by atoms with E-state index in [4.69, 9.17) is 9.47 Å². The van der Waals surface area contributed by atoms with Crippen LogP contribution in [-0.4, -0.2) is 29.3 Å². The summed E-state index contributed by atoms with van der Waals surface area (Å²) < 4.78 is 12.0. The van der Waals surface area contributed by atoms with Gasteiger partial charge in [-0.1, -0.05) is 102 Å². The van der Waals surface area contributed by atoms with E-state index in [1.54, 1.807) is 0 Å². The molecule has 2 atom stereocenters. The van der Waals surface area contributed by atoms with Gasteiger partial charge >= 0.3 is 11.9 Å². The molecule has 1 unspecified atom stereocenters. The van der Waals surface area contributed by atoms with E-state index in [1.165, 1.54) is 32.1 Å². The standard InChI is InChI=1S/C32H44O5/c1-4-7-8-9-10-13-22-36-25-18-16-24(17-19-25)26-14-11-12-15-27(26)28-23-29(30(33)34)32(20-5-2,21-6-3)37-31(28)35/h11-12,14-19,28-29H,4-10,13,20-23H2,1-3H3,(H,33,34)/t28?,29-/m1/s1. The van der Waals surface area contributed by atoms with Gasteiger partial charge in [0, 0.05) is 0 Å². The van der Waals surface area contributed by atoms with Crippen molar-refractivity contribution < 1.29 is 24.2 Å². The summed E-state index contributed by atoms with van der Waals surface area (Å²) in [6.45, 7) is 6.95. The van der Waals surface area contributed by atoms with Gasteiger partial charge in [-0.15, -0.1) is 0 Å². The van der Waals surface area contributed by atoms with Crippen molar-refractivity contribution in [3.63, 3.8) is 0 Å². The quantitative estimate of drug-likeness (QED) is 0.194. The molecule has 0 amide bonds. The van der Waals surface area contributed by atoms with Gasteiger partial charge in [-0.25, -0.2) is 0 Å². The molecular weight excluding hydrogens is 464 g/mol. The molecule has 0 bridgehead atoms. The van der Waals surface area contributed by atoms with Crippen molar-refractivity contribution >= 4 is 11.9 Å². The fraction of sp³-hybridized carbons (Fsp3) is 0.562. The first-order chi connectivity index (χ1) is 18.0. The van der Waals surface area contributed by atoms with Crippen molar-refractivity contribution in [1.29, 1.82) is 0 Å². The minimum Gasteiger partial charge on any atom is -0.494 e. The zero-order valence-corrected chi connectivity index (χ0v) is 22.8. The van der Waals surface area contributed by atoms with Crippen LogP contribution in [0.3, 0.4) is 0 Å². The van der Waals surface area contributed by atoms with Gasteiger partial charge in [-0.2, -0.15) is 0 Å². The van der Waals surface area contributed by atoms with Gasteiger partial charge in [0.2, 0.25) is 0 Å². The Bertz CT molecular complexity index is 990. The van der Waals surface area contributed by atoms with Crippen LogP contribution in [0.5, 0.6) is 5.75 Å². The number of esters is 1. The maximum Gasteiger partial charge on any atom is 0.314 e. The van der Waals surface area contributed by atoms with E-state index in [9.17, 15) is 14.7 Å². The minimum atomic E-state index is -0.924. The first-order valence-corrected chi connectivity index (χ1v) is 14.2. The van der Waals surface area contributed by atoms with E-state index in [2.05, 4.69) is 6.92 Å². The second-order valence-electron chi connectivity index (χ2n) is 10.4. The van der Waals surface area contributed by atoms with Crippen LogP contribution in [0.1, 0.15) is 103 Å². The summed E-state index contributed by atoms with van der Waals surface area (Å²) in [7, 11) is 0. The Labute approximate surface area is 222 Å². The molecule has 1 aliphatic heterocycles. The highest BCUT2D eigenvalue weighted by Crippen LogP contribution is 2.46. The Hall–Kier alpha value is -2.82. The Morgan fingerprint density at radius 2 is 1.57 bits per heavy atom. The van der Waals surface area contributed by atoms with Crippen LogP contribution in [0.25, 0.3) is 11.1 Å². The molecule has 1 fully saturated rings. The third kappa shape index (κ3) is 7.37. The van der Waals surface area contributed by atoms with Crippen LogP contribution in [0.4, 0.5) is 0 Å². The molecule has 202 valence electrons. The van der Waals surface area contributed by atoms with E-state index < -0.39 is 23.4 Å². The number of benzene rings is 2. The van der Waals surface area contributed by atoms with Crippen molar-refractivity contribution in [2.75, 3.05) is 6.61 Å². The first kappa shape index (κ1) is 28.7. The third-order valence-electron chi connectivity index (χ3n) is 7.61. The van der Waals surface area contributed by atoms with Crippen molar-refractivity contribution in [3.05, 3.63) is 54.1 Å². The largest absolute Gasteiger partial charge is 0.494 e. The second kappa shape index (κ2) is 14.2. The lowest BCUT2D eigenvalue weighted by molar-refractivity contribution is -0.189. The second-order valence-corrected chi connectivity index (χ2v) is 10.4. The summed E-state index contributed by atoms with van der Waals surface area (Å²) in [5, 5.41) is 10.1. The fourth-order valence-corrected chi connectivity index (χ4v) is 5.76. The van der Waals surface area contributed by atoms with Crippen LogP contribution >= 0.6 is 0 Å². The molecule has 0 radical (unpaired) electrons. The van der Waals surface area contributed by atoms with Crippen LogP contribution < -0.4 is 4.74 Å². The van der Waals surface area contributed by atoms with E-state index in [0.29, 0.717) is 19.4 Å². The highest BCUT2D eigenvalue weighted by Gasteiger charge is 2.52. The predicted molar refractivity (Wildman–Crippen MR) is 148 cm³/mol. The van der Waals surface area contributed by atoms with Crippen LogP contribution in [0.2, 0.25) is 0 Å². The van der Waals surface area contributed by atoms with Crippen LogP contribution in [0, 0.1) is 5.92 Å². The monoisotopic (exact) mass is 508 g/mol. The van der Waals surface area contributed by atoms with Gasteiger partial charge in [0.1, 0.15) is 11.4 Å². The Morgan fingerprint density at radius 1 is 0.919 bits per heavy atom. The lowest BCUT2D eigenvalue weighted by Gasteiger charge is -2.44. The van der Waals surface area contributed by atoms with E-state index in [-0.39, 0.29) is 12.4 Å². The number of ether oxygens (including phenoxy) is 2. The molecule has 1 heterocycles. The first-order valence-electron chi connectivity index (χ1n) is 14.2. The number of cyclic esters (lactones) is 1. The number of aliphatic carboxylic acids is 1. The molecule has 5 heteroatoms. The Balaban J connectivity index is 1.74. The Morgan fingerprint density at radius 3 is 2.22 bits per heavy atom. The third-order valence-corrected chi connectivity index (χ3v) is 7.61. The van der Waals surface area contributed by atoms with Crippen molar-refractivity contribution in [1.82, 2.24) is 0 Å². The summed E-state index contributed by atoms with van der Waals surface area (Å²) >= 11 is 0. The van der Waals surface area contributed by atoms with Gasteiger partial charge in [0.15, 0.2) is 0 Å². The zero-order chi connectivity index (χ0) is 26.7. The molecular formula is C32H44O5. The highest BCUT2D eigenvalue weighted by atomic mass is 16.6. The zero-order valence-electron chi connectivity index (χ0n) is 22.8. The molecule has 0 spiro atoms. The number of rotatable bonds is 15. The molecule has 1 aliphatic rings. The topological polar surface area (TPSA) is 72.8 Å². The average molecular weight is 509 g/mol. The molecule has 1 saturated heterocycles. The van der Waals surface area contributed by atoms with Crippen LogP contribution in [0.15, 0.2) is 48.5 Å². The number of hydrogen-bond acceptors (Lipinski definition) is 4. The molecule has 0 aliphatic carbocycles. The van der Waals surface area contributed by atoms with Gasteiger partial charge in [-0.05, 0) is 54.5 Å². The highest BCUT2D eigenvalue weighted by molar-refractivity contribution is 5.86. The summed E-state index contributed by atoms with van der Waals surface area (Å²) in [5.74, 6) is -1.69. The van der Waals surface area contributed by atoms with E-state index in [0.717, 1.165) is 41.7 Å². The Kier molecular flexibility index (Phi) is 11.0. The van der Waals surface area contributed by atoms with Gasteiger partial charge in [-0.3, -0.25) is 9.59 Å². The molecule has 1 N–H and O–H groups in total. The normalized spacial score (nSPS) is 18.8. The van der Waals surface area contributed by atoms with Crippen LogP contribution in [-0.2, 0) is 14.3 Å². The number of carbonyl (C=O) groups excluding carboxylic acids is 1. The summed E-state index contributed by atoms with van der Waals surface area (Å²) in [4.78, 5) is 25.7. The van der Waals surface area contributed by atoms with E-state index >= 15 is 0 Å². The minimum absolute atomic E-state index is 0.255. The SMILES string of the molecule is CCCCCCCCOc1ccc(-c2ccccc2C2C[C@H](C(=O)O)C(CCC)(CCC)OC2=O)cc1. The van der Waals surface area contributed by atoms with Crippen molar-refractivity contribution in [2.45, 2.75) is 103 Å². The van der Waals surface area contributed by atoms with Gasteiger partial charge < -0.3 is 14.6 Å². The van der Waals surface area contributed by atoms with E-state index in [1.807, 2.05) is 62.4 Å². The molecule has 5 nitrogen and oxygen atoms in total. The molecule has 3 rings (SSSR count). The number of unbranched alkanes of at least 4 members (excludes halogenated alkanes) is 5. The van der Waals surface area contributed by atoms with Crippen molar-refractivity contribution in [2.24, 2.45) is 5.92 Å². The summed E-state index contributed by atoms with van der Waals surface area (Å²) in [5.41, 5.74) is 1.80. The maximum absolute atomic E-state index is 13.4. The summed E-state index contributed by atoms with van der Waals surface area (Å²) in [6.07, 6.45) is 10.3. The van der Waals surface area contributed by atoms with Crippen molar-refractivity contribution in [3.8, 4) is 16.9 Å². The number of carbonyl (C=O) groups is 2. The molecule has 37 heavy (non-hydrogen) atoms. The molecule has 0 aromatic heterocycles. The lowest BCUT2D eigenvalue weighted by atomic mass is 9.71. The molecule has 2 aromatic rings. The van der Waals surface area contributed by atoms with Gasteiger partial charge in [0.25, 0.3) is 0 Å². The van der Waals surface area contributed by atoms with Gasteiger partial charge in [0.05, 0.1) is 18.4 Å². The smallest absolute Gasteiger partial charge is 0.314 e. The predicted octanol–water partition coefficient (Wildman–Crippen LogP) is 8.16. The lowest BCUT2D eigenvalue weighted by Crippen LogP contribution is -2.52. The number of carboxylic acids is 1. The number of hydrogen-bond donors (Lipinski definition) is 1. The maximum atomic E-state index is 13.4.